The van der Waals surface area contributed by atoms with Gasteiger partial charge >= 0.3 is 0 Å². The number of amides is 1. The van der Waals surface area contributed by atoms with E-state index in [0.717, 1.165) is 54.6 Å². The first-order valence-electron chi connectivity index (χ1n) is 11.3. The number of carbonyl (C=O) groups excluding carboxylic acids is 1. The van der Waals surface area contributed by atoms with Gasteiger partial charge in [0.15, 0.2) is 5.76 Å². The predicted molar refractivity (Wildman–Crippen MR) is 130 cm³/mol. The Bertz CT molecular complexity index is 1090. The Morgan fingerprint density at radius 2 is 1.88 bits per heavy atom. The fraction of sp³-hybridized carbons (Fsp3) is 0.400. The summed E-state index contributed by atoms with van der Waals surface area (Å²) < 4.78 is 5.36. The van der Waals surface area contributed by atoms with Crippen molar-refractivity contribution in [3.05, 3.63) is 75.0 Å². The van der Waals surface area contributed by atoms with E-state index >= 15 is 0 Å². The number of anilines is 1. The Hall–Kier alpha value is -2.12. The lowest BCUT2D eigenvalue weighted by Crippen LogP contribution is -2.46. The van der Waals surface area contributed by atoms with Gasteiger partial charge in [-0.2, -0.15) is 0 Å². The summed E-state index contributed by atoms with van der Waals surface area (Å²) in [5, 5.41) is 4.90. The van der Waals surface area contributed by atoms with E-state index in [9.17, 15) is 4.79 Å². The number of nitrogens with one attached hydrogen (secondary N) is 1. The lowest BCUT2D eigenvalue weighted by Gasteiger charge is -2.39. The second-order valence-corrected chi connectivity index (χ2v) is 10.2. The molecule has 2 aliphatic rings. The largest absolute Gasteiger partial charge is 0.459 e. The van der Waals surface area contributed by atoms with E-state index in [1.807, 2.05) is 12.1 Å². The number of likely N-dealkylation sites (N-methyl/N-ethyl adjacent to an activating group) is 1. The molecule has 1 saturated heterocycles. The van der Waals surface area contributed by atoms with E-state index in [0.29, 0.717) is 5.76 Å². The highest BCUT2D eigenvalue weighted by Crippen LogP contribution is 2.46. The highest BCUT2D eigenvalue weighted by atomic mass is 35.5. The van der Waals surface area contributed by atoms with Crippen LogP contribution in [0, 0.1) is 0 Å². The van der Waals surface area contributed by atoms with Gasteiger partial charge in [-0.15, -0.1) is 11.3 Å². The molecule has 0 unspecified atom stereocenters. The van der Waals surface area contributed by atoms with Crippen molar-refractivity contribution in [1.29, 1.82) is 0 Å². The minimum atomic E-state index is -0.203. The van der Waals surface area contributed by atoms with E-state index in [4.69, 9.17) is 16.0 Å². The van der Waals surface area contributed by atoms with Crippen LogP contribution >= 0.6 is 22.9 Å². The molecule has 0 radical (unpaired) electrons. The van der Waals surface area contributed by atoms with Crippen LogP contribution in [-0.2, 0) is 12.8 Å². The number of rotatable bonds is 5. The molecular weight excluding hydrogens is 442 g/mol. The topological polar surface area (TPSA) is 48.7 Å². The maximum absolute atomic E-state index is 12.9. The van der Waals surface area contributed by atoms with E-state index in [1.54, 1.807) is 23.5 Å². The molecule has 5 nitrogen and oxygen atoms in total. The molecule has 0 spiro atoms. The number of aryl methyl sites for hydroxylation is 1. The van der Waals surface area contributed by atoms with Gasteiger partial charge in [-0.1, -0.05) is 29.8 Å². The molecule has 1 aliphatic heterocycles. The first-order valence-corrected chi connectivity index (χ1v) is 12.5. The van der Waals surface area contributed by atoms with Crippen LogP contribution in [0.4, 0.5) is 5.00 Å². The van der Waals surface area contributed by atoms with Gasteiger partial charge in [0.05, 0.1) is 12.3 Å². The molecular formula is C25H28ClN3O2S. The fourth-order valence-electron chi connectivity index (χ4n) is 4.86. The number of thiophene rings is 1. The smallest absolute Gasteiger partial charge is 0.291 e. The zero-order valence-electron chi connectivity index (χ0n) is 18.3. The maximum atomic E-state index is 12.9. The lowest BCUT2D eigenvalue weighted by atomic mass is 9.88. The Kier molecular flexibility index (Phi) is 6.37. The molecule has 0 bridgehead atoms. The summed E-state index contributed by atoms with van der Waals surface area (Å²) >= 11 is 8.50. The Labute approximate surface area is 198 Å². The summed E-state index contributed by atoms with van der Waals surface area (Å²) in [6, 6.07) is 11.6. The second-order valence-electron chi connectivity index (χ2n) is 8.65. The van der Waals surface area contributed by atoms with Crippen molar-refractivity contribution in [2.45, 2.75) is 31.7 Å². The average Bonchev–Trinajstić information content (AvgIpc) is 3.45. The highest BCUT2D eigenvalue weighted by Gasteiger charge is 2.34. The molecule has 1 aromatic carbocycles. The molecule has 2 aromatic heterocycles. The molecule has 1 amide bonds. The van der Waals surface area contributed by atoms with Gasteiger partial charge in [0.25, 0.3) is 5.91 Å². The van der Waals surface area contributed by atoms with Crippen LogP contribution in [0.3, 0.4) is 0 Å². The van der Waals surface area contributed by atoms with Crippen LogP contribution in [0.15, 0.2) is 47.1 Å². The van der Waals surface area contributed by atoms with Gasteiger partial charge in [-0.25, -0.2) is 0 Å². The third kappa shape index (κ3) is 4.25. The molecule has 1 N–H and O–H groups in total. The van der Waals surface area contributed by atoms with Crippen LogP contribution in [-0.4, -0.2) is 48.9 Å². The summed E-state index contributed by atoms with van der Waals surface area (Å²) in [6.07, 6.45) is 6.03. The number of nitrogens with zero attached hydrogens (tertiary/aromatic N) is 2. The third-order valence-corrected chi connectivity index (χ3v) is 8.13. The first kappa shape index (κ1) is 21.7. The van der Waals surface area contributed by atoms with Gasteiger partial charge in [-0.05, 0) is 62.1 Å². The standard InChI is InChI=1S/C25H28ClN3O2S/c1-28-12-14-29(15-13-28)23(17-7-2-4-9-19(17)26)22-18-8-3-5-11-21(18)32-25(22)27-24(30)20-10-6-16-31-20/h2,4,6-7,9-10,16,23H,3,5,8,11-15H2,1H3,(H,27,30)/t23-/m0/s1. The van der Waals surface area contributed by atoms with Gasteiger partial charge in [0, 0.05) is 41.6 Å². The van der Waals surface area contributed by atoms with Gasteiger partial charge < -0.3 is 14.6 Å². The fourth-order valence-corrected chi connectivity index (χ4v) is 6.41. The van der Waals surface area contributed by atoms with Crippen LogP contribution < -0.4 is 5.32 Å². The van der Waals surface area contributed by atoms with Gasteiger partial charge in [0.1, 0.15) is 5.00 Å². The number of furan rings is 1. The van der Waals surface area contributed by atoms with Crippen molar-refractivity contribution in [1.82, 2.24) is 9.80 Å². The van der Waals surface area contributed by atoms with Crippen molar-refractivity contribution in [2.75, 3.05) is 38.5 Å². The number of hydrogen-bond acceptors (Lipinski definition) is 5. The molecule has 5 rings (SSSR count). The summed E-state index contributed by atoms with van der Waals surface area (Å²) in [5.41, 5.74) is 3.74. The van der Waals surface area contributed by atoms with Crippen molar-refractivity contribution < 1.29 is 9.21 Å². The normalized spacial score (nSPS) is 18.3. The number of fused-ring (bicyclic) bond motifs is 1. The highest BCUT2D eigenvalue weighted by molar-refractivity contribution is 7.16. The zero-order chi connectivity index (χ0) is 22.1. The molecule has 7 heteroatoms. The molecule has 0 saturated carbocycles. The minimum Gasteiger partial charge on any atom is -0.459 e. The number of hydrogen-bond donors (Lipinski definition) is 1. The molecule has 32 heavy (non-hydrogen) atoms. The van der Waals surface area contributed by atoms with Crippen LogP contribution in [0.5, 0.6) is 0 Å². The summed E-state index contributed by atoms with van der Waals surface area (Å²) in [4.78, 5) is 19.2. The third-order valence-electron chi connectivity index (χ3n) is 6.56. The Morgan fingerprint density at radius 1 is 1.09 bits per heavy atom. The van der Waals surface area contributed by atoms with Crippen LogP contribution in [0.1, 0.15) is 51.0 Å². The van der Waals surface area contributed by atoms with E-state index in [-0.39, 0.29) is 11.9 Å². The molecule has 1 fully saturated rings. The van der Waals surface area contributed by atoms with E-state index in [1.165, 1.54) is 35.1 Å². The summed E-state index contributed by atoms with van der Waals surface area (Å²) in [7, 11) is 2.17. The number of piperazine rings is 1. The number of benzene rings is 1. The molecule has 3 heterocycles. The Balaban J connectivity index is 1.62. The number of halogens is 1. The van der Waals surface area contributed by atoms with Crippen LogP contribution in [0.2, 0.25) is 5.02 Å². The van der Waals surface area contributed by atoms with Crippen molar-refractivity contribution in [2.24, 2.45) is 0 Å². The quantitative estimate of drug-likeness (QED) is 0.538. The van der Waals surface area contributed by atoms with Crippen molar-refractivity contribution in [3.63, 3.8) is 0 Å². The van der Waals surface area contributed by atoms with Crippen LogP contribution in [0.25, 0.3) is 0 Å². The predicted octanol–water partition coefficient (Wildman–Crippen LogP) is 5.46. The molecule has 3 aromatic rings. The maximum Gasteiger partial charge on any atom is 0.291 e. The molecule has 168 valence electrons. The summed E-state index contributed by atoms with van der Waals surface area (Å²) in [6.45, 7) is 3.95. The molecule has 1 atom stereocenters. The lowest BCUT2D eigenvalue weighted by molar-refractivity contribution is 0.0996. The molecule has 1 aliphatic carbocycles. The van der Waals surface area contributed by atoms with Gasteiger partial charge in [0.2, 0.25) is 0 Å². The van der Waals surface area contributed by atoms with E-state index in [2.05, 4.69) is 34.3 Å². The van der Waals surface area contributed by atoms with E-state index < -0.39 is 0 Å². The average molecular weight is 470 g/mol. The SMILES string of the molecule is CN1CCN([C@@H](c2ccccc2Cl)c2c(NC(=O)c3ccco3)sc3c2CCCC3)CC1. The Morgan fingerprint density at radius 3 is 2.62 bits per heavy atom. The van der Waals surface area contributed by atoms with Crippen molar-refractivity contribution in [3.8, 4) is 0 Å². The van der Waals surface area contributed by atoms with Gasteiger partial charge in [-0.3, -0.25) is 9.69 Å². The summed E-state index contributed by atoms with van der Waals surface area (Å²) in [5.74, 6) is 0.127. The monoisotopic (exact) mass is 469 g/mol. The number of carbonyl (C=O) groups is 1. The zero-order valence-corrected chi connectivity index (χ0v) is 19.8. The second kappa shape index (κ2) is 9.40. The van der Waals surface area contributed by atoms with Crippen molar-refractivity contribution >= 4 is 33.8 Å². The first-order chi connectivity index (χ1) is 15.6. The minimum absolute atomic E-state index is 0.0161.